The van der Waals surface area contributed by atoms with Crippen LogP contribution >= 0.6 is 0 Å². The molecule has 0 fully saturated rings. The number of carbonyl (C=O) groups is 2. The fraction of sp³-hybridized carbons (Fsp3) is 0.0968. The highest BCUT2D eigenvalue weighted by Gasteiger charge is 2.27. The largest absolute Gasteiger partial charge is 0.504 e. The van der Waals surface area contributed by atoms with Gasteiger partial charge in [-0.15, -0.1) is 0 Å². The Labute approximate surface area is 243 Å². The van der Waals surface area contributed by atoms with E-state index < -0.39 is 17.5 Å². The predicted octanol–water partition coefficient (Wildman–Crippen LogP) is 4.32. The van der Waals surface area contributed by atoms with Gasteiger partial charge >= 0.3 is 0 Å². The van der Waals surface area contributed by atoms with Crippen molar-refractivity contribution in [2.24, 2.45) is 0 Å². The number of aldehydes is 1. The average molecular weight is 575 g/mol. The normalized spacial score (nSPS) is 14.1. The smallest absolute Gasteiger partial charge is 0.251 e. The quantitative estimate of drug-likeness (QED) is 0.249. The molecule has 4 aromatic heterocycles. The molecule has 1 atom stereocenters. The zero-order valence-electron chi connectivity index (χ0n) is 22.5. The van der Waals surface area contributed by atoms with Crippen LogP contribution in [-0.4, -0.2) is 46.6 Å². The van der Waals surface area contributed by atoms with Crippen molar-refractivity contribution >= 4 is 29.2 Å². The summed E-state index contributed by atoms with van der Waals surface area (Å²) >= 11 is 0. The number of phenolic OH excluding ortho intramolecular Hbond substituents is 1. The number of nitrogens with one attached hydrogen (secondary N) is 1. The third-order valence-corrected chi connectivity index (χ3v) is 7.56. The molecular formula is C31H23FN8O3. The van der Waals surface area contributed by atoms with Crippen LogP contribution in [0.15, 0.2) is 79.3 Å². The minimum absolute atomic E-state index is 0.0508. The number of imidazole rings is 1. The van der Waals surface area contributed by atoms with Gasteiger partial charge in [-0.25, -0.2) is 24.0 Å². The topological polar surface area (TPSA) is 154 Å². The number of nitrogen functional groups attached to an aromatic ring is 1. The van der Waals surface area contributed by atoms with Crippen LogP contribution in [0.2, 0.25) is 0 Å². The third-order valence-electron chi connectivity index (χ3n) is 7.56. The Hall–Kier alpha value is -5.91. The molecule has 12 heteroatoms. The van der Waals surface area contributed by atoms with E-state index in [9.17, 15) is 19.1 Å². The lowest BCUT2D eigenvalue weighted by Crippen LogP contribution is -2.27. The number of pyridine rings is 2. The van der Waals surface area contributed by atoms with Crippen LogP contribution in [0.4, 0.5) is 10.2 Å². The van der Waals surface area contributed by atoms with Crippen LogP contribution < -0.4 is 11.1 Å². The number of aromatic hydroxyl groups is 1. The number of nitrogens with two attached hydrogens (primary N) is 1. The number of nitrogens with zero attached hydrogens (tertiary/aromatic N) is 6. The summed E-state index contributed by atoms with van der Waals surface area (Å²) in [7, 11) is 0. The van der Waals surface area contributed by atoms with Gasteiger partial charge in [-0.3, -0.25) is 14.2 Å². The number of anilines is 1. The van der Waals surface area contributed by atoms with Crippen molar-refractivity contribution in [3.8, 4) is 28.6 Å². The number of fused-ring (bicyclic) bond motifs is 2. The molecule has 0 radical (unpaired) electrons. The van der Waals surface area contributed by atoms with Gasteiger partial charge in [0.15, 0.2) is 35.1 Å². The lowest BCUT2D eigenvalue weighted by molar-refractivity contribution is 0.0936. The van der Waals surface area contributed by atoms with Crippen LogP contribution in [0.5, 0.6) is 5.75 Å². The molecule has 212 valence electrons. The van der Waals surface area contributed by atoms with Gasteiger partial charge in [-0.1, -0.05) is 6.07 Å². The van der Waals surface area contributed by atoms with Gasteiger partial charge in [-0.2, -0.15) is 5.10 Å². The Morgan fingerprint density at radius 3 is 2.77 bits per heavy atom. The van der Waals surface area contributed by atoms with E-state index in [-0.39, 0.29) is 17.2 Å². The van der Waals surface area contributed by atoms with Crippen molar-refractivity contribution in [2.75, 3.05) is 5.73 Å². The molecule has 0 aliphatic heterocycles. The standard InChI is InChI=1S/C31H23FN8O3/c32-23-15-18(13-19(16-41)27(23)42)31(43)37-24-7-4-17-14-20(5-6-21(17)24)40-29(22-3-1-10-34-28(22)33)36-25-8-9-26(38-30(25)40)39-12-2-11-35-39/h1-3,5-6,8-16,24,42H,4,7H2,(H2,33,34)(H,37,43)/t24-/m0/s1. The second kappa shape index (κ2) is 10.2. The van der Waals surface area contributed by atoms with Crippen LogP contribution in [0, 0.1) is 5.82 Å². The summed E-state index contributed by atoms with van der Waals surface area (Å²) in [6.07, 6.45) is 6.73. The van der Waals surface area contributed by atoms with Crippen LogP contribution in [0.25, 0.3) is 34.1 Å². The van der Waals surface area contributed by atoms with Gasteiger partial charge in [-0.05, 0) is 78.6 Å². The zero-order valence-corrected chi connectivity index (χ0v) is 22.5. The monoisotopic (exact) mass is 574 g/mol. The lowest BCUT2D eigenvalue weighted by Gasteiger charge is -2.16. The van der Waals surface area contributed by atoms with Crippen molar-refractivity contribution in [3.63, 3.8) is 0 Å². The van der Waals surface area contributed by atoms with E-state index in [0.717, 1.165) is 22.9 Å². The first-order chi connectivity index (χ1) is 20.9. The highest BCUT2D eigenvalue weighted by Crippen LogP contribution is 2.36. The summed E-state index contributed by atoms with van der Waals surface area (Å²) < 4.78 is 17.7. The molecule has 0 spiro atoms. The maximum atomic E-state index is 14.1. The second-order valence-corrected chi connectivity index (χ2v) is 10.1. The van der Waals surface area contributed by atoms with Gasteiger partial charge < -0.3 is 16.2 Å². The van der Waals surface area contributed by atoms with E-state index >= 15 is 0 Å². The van der Waals surface area contributed by atoms with Crippen molar-refractivity contribution in [3.05, 3.63) is 107 Å². The number of aromatic nitrogens is 6. The average Bonchev–Trinajstić information content (AvgIpc) is 3.77. The second-order valence-electron chi connectivity index (χ2n) is 10.1. The Bertz CT molecular complexity index is 2050. The molecular weight excluding hydrogens is 551 g/mol. The third kappa shape index (κ3) is 4.45. The van der Waals surface area contributed by atoms with E-state index in [2.05, 4.69) is 15.4 Å². The van der Waals surface area contributed by atoms with Gasteiger partial charge in [0.25, 0.3) is 5.91 Å². The Morgan fingerprint density at radius 1 is 1.09 bits per heavy atom. The zero-order chi connectivity index (χ0) is 29.7. The molecule has 1 aliphatic rings. The van der Waals surface area contributed by atoms with Crippen molar-refractivity contribution in [2.45, 2.75) is 18.9 Å². The SMILES string of the molecule is Nc1ncccc1-c1nc2ccc(-n3cccn3)nc2n1-c1ccc2c(c1)CC[C@@H]2NC(=O)c1cc(F)c(O)c(C=O)c1. The Kier molecular flexibility index (Phi) is 6.16. The molecule has 7 rings (SSSR count). The predicted molar refractivity (Wildman–Crippen MR) is 156 cm³/mol. The number of hydrogen-bond donors (Lipinski definition) is 3. The number of halogens is 1. The molecule has 11 nitrogen and oxygen atoms in total. The van der Waals surface area contributed by atoms with E-state index in [1.54, 1.807) is 23.1 Å². The fourth-order valence-corrected chi connectivity index (χ4v) is 5.49. The summed E-state index contributed by atoms with van der Waals surface area (Å²) in [6, 6.07) is 16.9. The van der Waals surface area contributed by atoms with Crippen LogP contribution in [-0.2, 0) is 6.42 Å². The van der Waals surface area contributed by atoms with Crippen LogP contribution in [0.1, 0.15) is 44.3 Å². The fourth-order valence-electron chi connectivity index (χ4n) is 5.49. The maximum Gasteiger partial charge on any atom is 0.251 e. The molecule has 0 saturated carbocycles. The summed E-state index contributed by atoms with van der Waals surface area (Å²) in [5.41, 5.74) is 10.6. The Morgan fingerprint density at radius 2 is 1.98 bits per heavy atom. The molecule has 43 heavy (non-hydrogen) atoms. The number of phenols is 1. The Balaban J connectivity index is 1.28. The molecule has 0 bridgehead atoms. The van der Waals surface area contributed by atoms with Gasteiger partial charge in [0, 0.05) is 29.8 Å². The minimum Gasteiger partial charge on any atom is -0.504 e. The molecule has 0 unspecified atom stereocenters. The number of rotatable bonds is 6. The number of aryl methyl sites for hydroxylation is 1. The summed E-state index contributed by atoms with van der Waals surface area (Å²) in [5, 5.41) is 16.9. The molecule has 2 aromatic carbocycles. The molecule has 6 aromatic rings. The lowest BCUT2D eigenvalue weighted by atomic mass is 10.1. The van der Waals surface area contributed by atoms with Crippen LogP contribution in [0.3, 0.4) is 0 Å². The van der Waals surface area contributed by atoms with E-state index in [0.29, 0.717) is 53.3 Å². The van der Waals surface area contributed by atoms with Crippen molar-refractivity contribution in [1.82, 2.24) is 34.6 Å². The number of hydrogen-bond acceptors (Lipinski definition) is 8. The molecule has 1 amide bonds. The highest BCUT2D eigenvalue weighted by atomic mass is 19.1. The molecule has 4 heterocycles. The number of amides is 1. The minimum atomic E-state index is -1.03. The number of benzene rings is 2. The first kappa shape index (κ1) is 26.0. The summed E-state index contributed by atoms with van der Waals surface area (Å²) in [6.45, 7) is 0. The molecule has 1 aliphatic carbocycles. The van der Waals surface area contributed by atoms with Gasteiger partial charge in [0.1, 0.15) is 11.3 Å². The maximum absolute atomic E-state index is 14.1. The van der Waals surface area contributed by atoms with E-state index in [1.165, 1.54) is 6.07 Å². The van der Waals surface area contributed by atoms with E-state index in [1.807, 2.05) is 53.2 Å². The van der Waals surface area contributed by atoms with Gasteiger partial charge in [0.05, 0.1) is 17.2 Å². The highest BCUT2D eigenvalue weighted by molar-refractivity contribution is 5.97. The molecule has 4 N–H and O–H groups in total. The first-order valence-corrected chi connectivity index (χ1v) is 13.4. The van der Waals surface area contributed by atoms with Crippen molar-refractivity contribution < 1.29 is 19.1 Å². The molecule has 0 saturated heterocycles. The summed E-state index contributed by atoms with van der Waals surface area (Å²) in [5.74, 6) is -0.831. The van der Waals surface area contributed by atoms with Gasteiger partial charge in [0.2, 0.25) is 0 Å². The summed E-state index contributed by atoms with van der Waals surface area (Å²) in [4.78, 5) is 38.2. The van der Waals surface area contributed by atoms with E-state index in [4.69, 9.17) is 15.7 Å². The first-order valence-electron chi connectivity index (χ1n) is 13.4. The van der Waals surface area contributed by atoms with Crippen molar-refractivity contribution in [1.29, 1.82) is 0 Å². The number of carbonyl (C=O) groups excluding carboxylic acids is 2.